The summed E-state index contributed by atoms with van der Waals surface area (Å²) in [5.41, 5.74) is 2.86. The molecule has 0 saturated carbocycles. The molecule has 9 heteroatoms. The highest BCUT2D eigenvalue weighted by Crippen LogP contribution is 2.34. The van der Waals surface area contributed by atoms with E-state index in [-0.39, 0.29) is 17.8 Å². The number of guanidine groups is 1. The molecule has 9 nitrogen and oxygen atoms in total. The summed E-state index contributed by atoms with van der Waals surface area (Å²) in [4.78, 5) is 30.9. The van der Waals surface area contributed by atoms with Gasteiger partial charge in [-0.15, -0.1) is 0 Å². The number of morpholine rings is 1. The molecule has 1 aliphatic carbocycles. The number of ether oxygens (including phenoxy) is 1. The lowest BCUT2D eigenvalue weighted by atomic mass is 9.86. The second-order valence-electron chi connectivity index (χ2n) is 11.2. The van der Waals surface area contributed by atoms with Gasteiger partial charge in [-0.1, -0.05) is 50.2 Å². The first kappa shape index (κ1) is 28.3. The molecular formula is C31H41N5O4. The molecule has 214 valence electrons. The number of amides is 2. The number of aliphatic hydroxyl groups is 1. The van der Waals surface area contributed by atoms with Gasteiger partial charge < -0.3 is 20.5 Å². The minimum Gasteiger partial charge on any atom is -0.390 e. The van der Waals surface area contributed by atoms with Crippen molar-refractivity contribution in [2.45, 2.75) is 69.7 Å². The third-order valence-corrected chi connectivity index (χ3v) is 8.89. The summed E-state index contributed by atoms with van der Waals surface area (Å²) < 4.78 is 5.50. The summed E-state index contributed by atoms with van der Waals surface area (Å²) in [5.74, 6) is -0.226. The molecule has 2 aromatic carbocycles. The lowest BCUT2D eigenvalue weighted by Gasteiger charge is -2.45. The van der Waals surface area contributed by atoms with Gasteiger partial charge in [0.25, 0.3) is 5.91 Å². The van der Waals surface area contributed by atoms with E-state index < -0.39 is 23.7 Å². The summed E-state index contributed by atoms with van der Waals surface area (Å²) in [7, 11) is 0. The van der Waals surface area contributed by atoms with Gasteiger partial charge in [0.05, 0.1) is 37.8 Å². The summed E-state index contributed by atoms with van der Waals surface area (Å²) in [6, 6.07) is 14.3. The topological polar surface area (TPSA) is 118 Å². The minimum atomic E-state index is -0.680. The number of nitrogens with zero attached hydrogens (tertiary/aromatic N) is 2. The Kier molecular flexibility index (Phi) is 8.54. The van der Waals surface area contributed by atoms with Gasteiger partial charge in [0.15, 0.2) is 5.96 Å². The predicted octanol–water partition coefficient (Wildman–Crippen LogP) is 3.15. The summed E-state index contributed by atoms with van der Waals surface area (Å²) in [6.45, 7) is 7.88. The number of hydrogen-bond acceptors (Lipinski definition) is 6. The molecule has 2 heterocycles. The number of hydrogen-bond donors (Lipinski definition) is 4. The van der Waals surface area contributed by atoms with Crippen LogP contribution in [0.3, 0.4) is 0 Å². The fourth-order valence-electron chi connectivity index (χ4n) is 6.30. The van der Waals surface area contributed by atoms with E-state index in [4.69, 9.17) is 10.1 Å². The maximum atomic E-state index is 13.6. The van der Waals surface area contributed by atoms with Gasteiger partial charge in [-0.3, -0.25) is 24.8 Å². The first-order valence-electron chi connectivity index (χ1n) is 14.5. The van der Waals surface area contributed by atoms with Crippen molar-refractivity contribution in [1.29, 1.82) is 5.41 Å². The zero-order valence-corrected chi connectivity index (χ0v) is 23.5. The number of aliphatic hydroxyl groups excluding tert-OH is 1. The van der Waals surface area contributed by atoms with Crippen molar-refractivity contribution in [3.63, 3.8) is 0 Å². The molecule has 0 bridgehead atoms. The van der Waals surface area contributed by atoms with Crippen LogP contribution in [0.4, 0.5) is 0 Å². The number of fused-ring (bicyclic) bond motifs is 1. The molecule has 2 amide bonds. The number of rotatable bonds is 9. The van der Waals surface area contributed by atoms with E-state index in [9.17, 15) is 14.7 Å². The molecule has 0 unspecified atom stereocenters. The summed E-state index contributed by atoms with van der Waals surface area (Å²) in [5, 5.41) is 25.9. The zero-order valence-electron chi connectivity index (χ0n) is 23.5. The summed E-state index contributed by atoms with van der Waals surface area (Å²) >= 11 is 0. The standard InChI is InChI=1S/C31H41N5O4/c1-3-31(4-2)20-27(38)36(30(32)34-31)25(12-13-35-14-16-40-17-15-35)22-9-7-10-23(18-22)29(39)33-28-24-11-6-5-8-21(24)19-26(28)37/h5-11,18,25-26,28,37H,3-4,12-17,19-20H2,1-2H3,(H2,32,34)(H,33,39)/t25-,26-,28-/m1/s1. The lowest BCUT2D eigenvalue weighted by Crippen LogP contribution is -2.62. The number of benzene rings is 2. The molecule has 0 spiro atoms. The fraction of sp³-hybridized carbons (Fsp3) is 0.516. The Hall–Kier alpha value is -3.27. The first-order chi connectivity index (χ1) is 19.3. The van der Waals surface area contributed by atoms with Crippen LogP contribution < -0.4 is 10.6 Å². The van der Waals surface area contributed by atoms with Crippen LogP contribution in [0.25, 0.3) is 0 Å². The molecule has 0 aromatic heterocycles. The van der Waals surface area contributed by atoms with Gasteiger partial charge in [0.1, 0.15) is 0 Å². The van der Waals surface area contributed by atoms with E-state index in [1.807, 2.05) is 56.3 Å². The quantitative estimate of drug-likeness (QED) is 0.383. The van der Waals surface area contributed by atoms with Gasteiger partial charge in [-0.2, -0.15) is 0 Å². The molecular weight excluding hydrogens is 506 g/mol. The maximum absolute atomic E-state index is 13.6. The molecule has 2 saturated heterocycles. The molecule has 0 radical (unpaired) electrons. The molecule has 3 atom stereocenters. The number of carbonyl (C=O) groups is 2. The Labute approximate surface area is 236 Å². The molecule has 3 aliphatic rings. The minimum absolute atomic E-state index is 0.0695. The van der Waals surface area contributed by atoms with Gasteiger partial charge in [-0.05, 0) is 48.1 Å². The normalized spacial score (nSPS) is 23.4. The largest absolute Gasteiger partial charge is 0.390 e. The highest BCUT2D eigenvalue weighted by atomic mass is 16.5. The highest BCUT2D eigenvalue weighted by molar-refractivity contribution is 6.00. The number of nitrogens with one attached hydrogen (secondary N) is 3. The van der Waals surface area contributed by atoms with Crippen LogP contribution in [-0.4, -0.2) is 77.2 Å². The molecule has 40 heavy (non-hydrogen) atoms. The molecule has 2 aromatic rings. The Morgan fingerprint density at radius 1 is 1.18 bits per heavy atom. The third-order valence-electron chi connectivity index (χ3n) is 8.89. The second-order valence-corrected chi connectivity index (χ2v) is 11.2. The van der Waals surface area contributed by atoms with E-state index in [0.29, 0.717) is 38.0 Å². The zero-order chi connectivity index (χ0) is 28.3. The average molecular weight is 548 g/mol. The Balaban J connectivity index is 1.39. The Morgan fingerprint density at radius 2 is 1.93 bits per heavy atom. The van der Waals surface area contributed by atoms with Crippen molar-refractivity contribution in [1.82, 2.24) is 20.4 Å². The highest BCUT2D eigenvalue weighted by Gasteiger charge is 2.42. The second kappa shape index (κ2) is 12.1. The van der Waals surface area contributed by atoms with Crippen LogP contribution >= 0.6 is 0 Å². The van der Waals surface area contributed by atoms with Crippen molar-refractivity contribution in [2.75, 3.05) is 32.8 Å². The molecule has 5 rings (SSSR count). The van der Waals surface area contributed by atoms with Crippen LogP contribution in [0.15, 0.2) is 48.5 Å². The van der Waals surface area contributed by atoms with Gasteiger partial charge in [0, 0.05) is 37.2 Å². The van der Waals surface area contributed by atoms with Crippen LogP contribution in [-0.2, 0) is 16.0 Å². The van der Waals surface area contributed by atoms with Crippen LogP contribution in [0, 0.1) is 5.41 Å². The first-order valence-corrected chi connectivity index (χ1v) is 14.5. The van der Waals surface area contributed by atoms with Crippen LogP contribution in [0.5, 0.6) is 0 Å². The van der Waals surface area contributed by atoms with Crippen LogP contribution in [0.1, 0.15) is 78.7 Å². The molecule has 2 fully saturated rings. The Morgan fingerprint density at radius 3 is 2.65 bits per heavy atom. The smallest absolute Gasteiger partial charge is 0.251 e. The molecule has 2 aliphatic heterocycles. The van der Waals surface area contributed by atoms with Crippen molar-refractivity contribution >= 4 is 17.8 Å². The summed E-state index contributed by atoms with van der Waals surface area (Å²) in [6.07, 6.45) is 2.30. The predicted molar refractivity (Wildman–Crippen MR) is 153 cm³/mol. The van der Waals surface area contributed by atoms with Crippen molar-refractivity contribution in [3.8, 4) is 0 Å². The van der Waals surface area contributed by atoms with E-state index in [1.54, 1.807) is 11.0 Å². The van der Waals surface area contributed by atoms with Crippen molar-refractivity contribution in [2.24, 2.45) is 0 Å². The van der Waals surface area contributed by atoms with Crippen molar-refractivity contribution in [3.05, 3.63) is 70.8 Å². The average Bonchev–Trinajstić information content (AvgIpc) is 3.29. The van der Waals surface area contributed by atoms with Crippen molar-refractivity contribution < 1.29 is 19.4 Å². The van der Waals surface area contributed by atoms with Gasteiger partial charge in [-0.25, -0.2) is 0 Å². The van der Waals surface area contributed by atoms with E-state index in [0.717, 1.165) is 49.2 Å². The maximum Gasteiger partial charge on any atom is 0.251 e. The van der Waals surface area contributed by atoms with Crippen LogP contribution in [0.2, 0.25) is 0 Å². The lowest BCUT2D eigenvalue weighted by molar-refractivity contribution is -0.133. The van der Waals surface area contributed by atoms with E-state index in [2.05, 4.69) is 15.5 Å². The SMILES string of the molecule is CCC1(CC)CC(=O)N([C@H](CCN2CCOCC2)c2cccc(C(=O)N[C@@H]3c4ccccc4C[C@H]3O)c2)C(=N)N1. The third kappa shape index (κ3) is 5.77. The molecule has 4 N–H and O–H groups in total. The fourth-order valence-corrected chi connectivity index (χ4v) is 6.30. The Bertz CT molecular complexity index is 1220. The van der Waals surface area contributed by atoms with E-state index >= 15 is 0 Å². The van der Waals surface area contributed by atoms with Gasteiger partial charge >= 0.3 is 0 Å². The monoisotopic (exact) mass is 547 g/mol. The van der Waals surface area contributed by atoms with E-state index in [1.165, 1.54) is 0 Å². The van der Waals surface area contributed by atoms with Gasteiger partial charge in [0.2, 0.25) is 5.91 Å². The number of carbonyl (C=O) groups excluding carboxylic acids is 2.